The minimum absolute atomic E-state index is 0.685. The lowest BCUT2D eigenvalue weighted by Gasteiger charge is -2.11. The van der Waals surface area contributed by atoms with E-state index in [-0.39, 0.29) is 0 Å². The van der Waals surface area contributed by atoms with Gasteiger partial charge in [0.1, 0.15) is 28.7 Å². The zero-order valence-corrected chi connectivity index (χ0v) is 20.0. The molecule has 4 aromatic heterocycles. The maximum Gasteiger partial charge on any atom is 0.142 e. The van der Waals surface area contributed by atoms with Crippen LogP contribution in [0.5, 0.6) is 5.75 Å². The van der Waals surface area contributed by atoms with Crippen LogP contribution in [0.3, 0.4) is 0 Å². The fourth-order valence-electron chi connectivity index (χ4n) is 4.78. The summed E-state index contributed by atoms with van der Waals surface area (Å²) in [4.78, 5) is 17.5. The molecule has 1 N–H and O–H groups in total. The molecule has 4 heterocycles. The van der Waals surface area contributed by atoms with Gasteiger partial charge >= 0.3 is 0 Å². The predicted molar refractivity (Wildman–Crippen MR) is 134 cm³/mol. The van der Waals surface area contributed by atoms with Crippen LogP contribution in [0.2, 0.25) is 0 Å². The summed E-state index contributed by atoms with van der Waals surface area (Å²) in [7, 11) is 1.67. The number of nitrogens with one attached hydrogen (secondary N) is 1. The van der Waals surface area contributed by atoms with Crippen molar-refractivity contribution < 1.29 is 9.26 Å². The van der Waals surface area contributed by atoms with Crippen molar-refractivity contribution in [2.75, 3.05) is 7.11 Å². The second-order valence-corrected chi connectivity index (χ2v) is 8.66. The first-order valence-electron chi connectivity index (χ1n) is 11.4. The first-order valence-corrected chi connectivity index (χ1v) is 11.4. The number of aryl methyl sites for hydroxylation is 3. The van der Waals surface area contributed by atoms with Gasteiger partial charge in [-0.2, -0.15) is 0 Å². The van der Waals surface area contributed by atoms with Crippen LogP contribution >= 0.6 is 0 Å². The number of aromatic nitrogens is 6. The number of hydrogen-bond acceptors (Lipinski definition) is 6. The van der Waals surface area contributed by atoms with Gasteiger partial charge in [-0.15, -0.1) is 0 Å². The number of ether oxygens (including phenoxy) is 1. The average Bonchev–Trinajstić information content (AvgIpc) is 3.55. The Bertz CT molecular complexity index is 1670. The lowest BCUT2D eigenvalue weighted by molar-refractivity contribution is 0.393. The van der Waals surface area contributed by atoms with E-state index < -0.39 is 0 Å². The molecule has 0 aliphatic heterocycles. The third-order valence-corrected chi connectivity index (χ3v) is 6.34. The molecule has 8 nitrogen and oxygen atoms in total. The number of imidazole rings is 1. The van der Waals surface area contributed by atoms with Gasteiger partial charge in [0, 0.05) is 23.0 Å². The second-order valence-electron chi connectivity index (χ2n) is 8.66. The molecule has 6 rings (SSSR count). The van der Waals surface area contributed by atoms with E-state index >= 15 is 0 Å². The van der Waals surface area contributed by atoms with E-state index in [4.69, 9.17) is 19.2 Å². The molecule has 0 bridgehead atoms. The van der Waals surface area contributed by atoms with Crippen LogP contribution in [0, 0.1) is 20.8 Å². The van der Waals surface area contributed by atoms with Crippen molar-refractivity contribution in [3.63, 3.8) is 0 Å². The smallest absolute Gasteiger partial charge is 0.142 e. The van der Waals surface area contributed by atoms with Gasteiger partial charge < -0.3 is 18.8 Å². The average molecular weight is 465 g/mol. The van der Waals surface area contributed by atoms with Gasteiger partial charge in [0.2, 0.25) is 0 Å². The Labute approximate surface area is 201 Å². The van der Waals surface area contributed by atoms with Crippen LogP contribution in [0.1, 0.15) is 22.8 Å². The van der Waals surface area contributed by atoms with Crippen LogP contribution < -0.4 is 4.74 Å². The van der Waals surface area contributed by atoms with Crippen molar-refractivity contribution in [2.45, 2.75) is 27.3 Å². The highest BCUT2D eigenvalue weighted by Crippen LogP contribution is 2.41. The fraction of sp³-hybridized carbons (Fsp3) is 0.185. The SMILES string of the molecule is COc1cc2c(cc1-c1c(C)noc1C)[nH]c1nc(C)nc(-c3cncn3Cc3ccccc3)c12. The van der Waals surface area contributed by atoms with Gasteiger partial charge in [0.25, 0.3) is 0 Å². The summed E-state index contributed by atoms with van der Waals surface area (Å²) in [6, 6.07) is 14.4. The molecule has 0 amide bonds. The van der Waals surface area contributed by atoms with Crippen LogP contribution in [0.4, 0.5) is 0 Å². The molecule has 2 aromatic carbocycles. The van der Waals surface area contributed by atoms with Crippen molar-refractivity contribution in [1.82, 2.24) is 29.7 Å². The van der Waals surface area contributed by atoms with E-state index in [1.807, 2.05) is 57.6 Å². The van der Waals surface area contributed by atoms with Gasteiger partial charge in [-0.25, -0.2) is 15.0 Å². The Morgan fingerprint density at radius 1 is 1.06 bits per heavy atom. The number of aromatic amines is 1. The lowest BCUT2D eigenvalue weighted by Crippen LogP contribution is -2.02. The summed E-state index contributed by atoms with van der Waals surface area (Å²) < 4.78 is 13.4. The van der Waals surface area contributed by atoms with Gasteiger partial charge in [-0.3, -0.25) is 0 Å². The highest BCUT2D eigenvalue weighted by Gasteiger charge is 2.22. The summed E-state index contributed by atoms with van der Waals surface area (Å²) >= 11 is 0. The largest absolute Gasteiger partial charge is 0.496 e. The lowest BCUT2D eigenvalue weighted by atomic mass is 10.0. The molecule has 0 aliphatic carbocycles. The zero-order valence-electron chi connectivity index (χ0n) is 20.0. The standard InChI is InChI=1S/C27H24N6O2/c1-15-24(16(2)35-32-15)20-10-21-19(11-23(20)34-4)25-26(29-17(3)30-27(25)31-21)22-12-28-14-33(22)13-18-8-6-5-7-9-18/h5-12,14H,13H2,1-4H3,(H,29,30,31). The van der Waals surface area contributed by atoms with Crippen molar-refractivity contribution >= 4 is 21.9 Å². The zero-order chi connectivity index (χ0) is 24.1. The van der Waals surface area contributed by atoms with Gasteiger partial charge in [0.05, 0.1) is 42.0 Å². The Kier molecular flexibility index (Phi) is 4.88. The highest BCUT2D eigenvalue weighted by molar-refractivity contribution is 6.13. The second kappa shape index (κ2) is 8.09. The van der Waals surface area contributed by atoms with Crippen molar-refractivity contribution in [2.24, 2.45) is 0 Å². The predicted octanol–water partition coefficient (Wildman–Crippen LogP) is 5.61. The molecule has 0 atom stereocenters. The molecule has 35 heavy (non-hydrogen) atoms. The fourth-order valence-corrected chi connectivity index (χ4v) is 4.78. The molecule has 0 fully saturated rings. The Morgan fingerprint density at radius 3 is 2.63 bits per heavy atom. The van der Waals surface area contributed by atoms with E-state index in [0.29, 0.717) is 12.4 Å². The molecule has 0 saturated heterocycles. The van der Waals surface area contributed by atoms with Crippen molar-refractivity contribution in [1.29, 1.82) is 0 Å². The molecular formula is C27H24N6O2. The molecule has 0 aliphatic rings. The molecule has 0 saturated carbocycles. The maximum absolute atomic E-state index is 5.82. The van der Waals surface area contributed by atoms with Gasteiger partial charge in [0.15, 0.2) is 0 Å². The Balaban J connectivity index is 1.59. The normalized spacial score (nSPS) is 11.5. The Morgan fingerprint density at radius 2 is 1.89 bits per heavy atom. The monoisotopic (exact) mass is 464 g/mol. The highest BCUT2D eigenvalue weighted by atomic mass is 16.5. The van der Waals surface area contributed by atoms with E-state index in [1.54, 1.807) is 7.11 Å². The summed E-state index contributed by atoms with van der Waals surface area (Å²) in [5.41, 5.74) is 7.34. The number of rotatable bonds is 5. The molecule has 0 unspecified atom stereocenters. The summed E-state index contributed by atoms with van der Waals surface area (Å²) in [6.45, 7) is 6.44. The van der Waals surface area contributed by atoms with E-state index in [0.717, 1.165) is 61.7 Å². The number of methoxy groups -OCH3 is 1. The van der Waals surface area contributed by atoms with Gasteiger partial charge in [-0.1, -0.05) is 35.5 Å². The summed E-state index contributed by atoms with van der Waals surface area (Å²) in [5, 5.41) is 6.04. The van der Waals surface area contributed by atoms with Crippen molar-refractivity contribution in [3.8, 4) is 28.3 Å². The number of hydrogen-bond donors (Lipinski definition) is 1. The van der Waals surface area contributed by atoms with E-state index in [1.165, 1.54) is 5.56 Å². The molecule has 6 aromatic rings. The Hall–Kier alpha value is -4.46. The molecule has 0 radical (unpaired) electrons. The minimum atomic E-state index is 0.685. The first-order chi connectivity index (χ1) is 17.0. The maximum atomic E-state index is 5.82. The summed E-state index contributed by atoms with van der Waals surface area (Å²) in [6.07, 6.45) is 3.70. The quantitative estimate of drug-likeness (QED) is 0.356. The molecule has 8 heteroatoms. The van der Waals surface area contributed by atoms with Crippen LogP contribution in [-0.4, -0.2) is 36.8 Å². The topological polar surface area (TPSA) is 94.7 Å². The van der Waals surface area contributed by atoms with E-state index in [9.17, 15) is 0 Å². The minimum Gasteiger partial charge on any atom is -0.496 e. The number of nitrogens with zero attached hydrogens (tertiary/aromatic N) is 5. The van der Waals surface area contributed by atoms with Crippen LogP contribution in [0.15, 0.2) is 59.5 Å². The summed E-state index contributed by atoms with van der Waals surface area (Å²) in [5.74, 6) is 2.17. The number of benzene rings is 2. The number of H-pyrrole nitrogens is 1. The van der Waals surface area contributed by atoms with E-state index in [2.05, 4.69) is 37.9 Å². The van der Waals surface area contributed by atoms with Crippen LogP contribution in [-0.2, 0) is 6.54 Å². The molecule has 0 spiro atoms. The third kappa shape index (κ3) is 3.45. The van der Waals surface area contributed by atoms with Crippen LogP contribution in [0.25, 0.3) is 44.5 Å². The van der Waals surface area contributed by atoms with Gasteiger partial charge in [-0.05, 0) is 38.5 Å². The third-order valence-electron chi connectivity index (χ3n) is 6.34. The number of fused-ring (bicyclic) bond motifs is 3. The molecular weight excluding hydrogens is 440 g/mol. The first kappa shape index (κ1) is 21.1. The molecule has 174 valence electrons. The van der Waals surface area contributed by atoms with Crippen molar-refractivity contribution in [3.05, 3.63) is 77.8 Å².